The standard InChI is InChI=1S/C7H2Cl2F3N3O3/c8-2-1-3(15(17)18)5(13-4(2)9)14-6(16)7(10,11)12/h1H,(H,13,14,16). The normalized spacial score (nSPS) is 11.2. The predicted octanol–water partition coefficient (Wildman–Crippen LogP) is 2.80. The summed E-state index contributed by atoms with van der Waals surface area (Å²) >= 11 is 10.8. The van der Waals surface area contributed by atoms with E-state index in [9.17, 15) is 28.1 Å². The number of hydrogen-bond donors (Lipinski definition) is 1. The van der Waals surface area contributed by atoms with Crippen molar-refractivity contribution in [3.05, 3.63) is 26.4 Å². The van der Waals surface area contributed by atoms with Crippen molar-refractivity contribution in [2.75, 3.05) is 5.32 Å². The first kappa shape index (κ1) is 14.5. The molecule has 0 aliphatic carbocycles. The fourth-order valence-electron chi connectivity index (χ4n) is 0.866. The van der Waals surface area contributed by atoms with Gasteiger partial charge in [-0.2, -0.15) is 13.2 Å². The first-order chi connectivity index (χ1) is 8.12. The average Bonchev–Trinajstić information content (AvgIpc) is 2.21. The van der Waals surface area contributed by atoms with Crippen LogP contribution in [0.25, 0.3) is 0 Å². The van der Waals surface area contributed by atoms with Gasteiger partial charge in [0.05, 0.1) is 9.95 Å². The Labute approximate surface area is 107 Å². The summed E-state index contributed by atoms with van der Waals surface area (Å²) in [4.78, 5) is 23.3. The third kappa shape index (κ3) is 3.20. The van der Waals surface area contributed by atoms with Crippen LogP contribution in [0, 0.1) is 10.1 Å². The van der Waals surface area contributed by atoms with E-state index in [1.54, 1.807) is 0 Å². The summed E-state index contributed by atoms with van der Waals surface area (Å²) in [5, 5.41) is 11.0. The minimum atomic E-state index is -5.21. The number of amides is 1. The molecule has 1 aromatic heterocycles. The number of anilines is 1. The van der Waals surface area contributed by atoms with E-state index < -0.39 is 33.7 Å². The van der Waals surface area contributed by atoms with Crippen LogP contribution in [0.1, 0.15) is 0 Å². The van der Waals surface area contributed by atoms with Crippen LogP contribution in [-0.2, 0) is 4.79 Å². The minimum Gasteiger partial charge on any atom is -0.297 e. The highest BCUT2D eigenvalue weighted by atomic mass is 35.5. The first-order valence-corrected chi connectivity index (χ1v) is 4.77. The molecule has 0 unspecified atom stereocenters. The van der Waals surface area contributed by atoms with Crippen molar-refractivity contribution >= 4 is 40.6 Å². The number of alkyl halides is 3. The molecule has 11 heteroatoms. The lowest BCUT2D eigenvalue weighted by atomic mass is 10.4. The maximum absolute atomic E-state index is 12.0. The maximum atomic E-state index is 12.0. The van der Waals surface area contributed by atoms with E-state index in [4.69, 9.17) is 23.2 Å². The number of pyridine rings is 1. The summed E-state index contributed by atoms with van der Waals surface area (Å²) in [6, 6.07) is 0.683. The quantitative estimate of drug-likeness (QED) is 0.517. The number of carbonyl (C=O) groups is 1. The number of carbonyl (C=O) groups excluding carboxylic acids is 1. The van der Waals surface area contributed by atoms with Crippen LogP contribution in [0.2, 0.25) is 10.2 Å². The van der Waals surface area contributed by atoms with Gasteiger partial charge in [-0.3, -0.25) is 20.2 Å². The molecule has 0 aliphatic rings. The summed E-state index contributed by atoms with van der Waals surface area (Å²) in [7, 11) is 0. The fourth-order valence-corrected chi connectivity index (χ4v) is 1.15. The van der Waals surface area contributed by atoms with E-state index in [1.165, 1.54) is 5.32 Å². The van der Waals surface area contributed by atoms with Crippen molar-refractivity contribution in [3.8, 4) is 0 Å². The van der Waals surface area contributed by atoms with Crippen LogP contribution in [0.3, 0.4) is 0 Å². The lowest BCUT2D eigenvalue weighted by Crippen LogP contribution is -2.30. The van der Waals surface area contributed by atoms with Gasteiger partial charge in [0.15, 0.2) is 5.15 Å². The van der Waals surface area contributed by atoms with Crippen LogP contribution in [-0.4, -0.2) is 22.0 Å². The predicted molar refractivity (Wildman–Crippen MR) is 55.6 cm³/mol. The molecule has 0 spiro atoms. The Morgan fingerprint density at radius 3 is 2.44 bits per heavy atom. The minimum absolute atomic E-state index is 0.326. The van der Waals surface area contributed by atoms with Crippen LogP contribution in [0.15, 0.2) is 6.07 Å². The van der Waals surface area contributed by atoms with E-state index >= 15 is 0 Å². The summed E-state index contributed by atoms with van der Waals surface area (Å²) in [6.07, 6.45) is -5.21. The van der Waals surface area contributed by atoms with Gasteiger partial charge >= 0.3 is 17.8 Å². The summed E-state index contributed by atoms with van der Waals surface area (Å²) < 4.78 is 35.9. The molecule has 0 aromatic carbocycles. The number of halogens is 5. The molecular weight excluding hydrogens is 302 g/mol. The van der Waals surface area contributed by atoms with Crippen molar-refractivity contribution in [2.24, 2.45) is 0 Å². The molecule has 0 radical (unpaired) electrons. The van der Waals surface area contributed by atoms with Crippen LogP contribution < -0.4 is 5.32 Å². The second-order valence-electron chi connectivity index (χ2n) is 2.84. The molecule has 0 aliphatic heterocycles. The van der Waals surface area contributed by atoms with Gasteiger partial charge in [-0.15, -0.1) is 0 Å². The maximum Gasteiger partial charge on any atom is 0.471 e. The zero-order valence-corrected chi connectivity index (χ0v) is 9.60. The van der Waals surface area contributed by atoms with Crippen molar-refractivity contribution in [3.63, 3.8) is 0 Å². The van der Waals surface area contributed by atoms with Gasteiger partial charge in [0.25, 0.3) is 0 Å². The smallest absolute Gasteiger partial charge is 0.297 e. The largest absolute Gasteiger partial charge is 0.471 e. The molecule has 1 heterocycles. The van der Waals surface area contributed by atoms with Gasteiger partial charge in [0.2, 0.25) is 5.82 Å². The molecular formula is C7H2Cl2F3N3O3. The van der Waals surface area contributed by atoms with Crippen LogP contribution >= 0.6 is 23.2 Å². The van der Waals surface area contributed by atoms with Gasteiger partial charge in [-0.25, -0.2) is 4.98 Å². The van der Waals surface area contributed by atoms with Gasteiger partial charge in [-0.1, -0.05) is 23.2 Å². The van der Waals surface area contributed by atoms with Crippen molar-refractivity contribution in [2.45, 2.75) is 6.18 Å². The lowest BCUT2D eigenvalue weighted by molar-refractivity contribution is -0.384. The second-order valence-corrected chi connectivity index (χ2v) is 3.60. The summed E-state index contributed by atoms with van der Waals surface area (Å²) in [6.45, 7) is 0. The van der Waals surface area contributed by atoms with Gasteiger partial charge < -0.3 is 0 Å². The summed E-state index contributed by atoms with van der Waals surface area (Å²) in [5.74, 6) is -3.34. The Kier molecular flexibility index (Phi) is 3.97. The molecule has 6 nitrogen and oxygen atoms in total. The lowest BCUT2D eigenvalue weighted by Gasteiger charge is -2.08. The van der Waals surface area contributed by atoms with Crippen molar-refractivity contribution in [1.29, 1.82) is 0 Å². The average molecular weight is 304 g/mol. The number of rotatable bonds is 2. The molecule has 18 heavy (non-hydrogen) atoms. The number of hydrogen-bond acceptors (Lipinski definition) is 4. The fraction of sp³-hybridized carbons (Fsp3) is 0.143. The highest BCUT2D eigenvalue weighted by Crippen LogP contribution is 2.31. The highest BCUT2D eigenvalue weighted by Gasteiger charge is 2.40. The van der Waals surface area contributed by atoms with Crippen molar-refractivity contribution in [1.82, 2.24) is 4.98 Å². The molecule has 98 valence electrons. The Hall–Kier alpha value is -1.61. The topological polar surface area (TPSA) is 85.1 Å². The first-order valence-electron chi connectivity index (χ1n) is 4.01. The van der Waals surface area contributed by atoms with E-state index in [0.717, 1.165) is 0 Å². The number of nitrogens with one attached hydrogen (secondary N) is 1. The molecule has 0 saturated heterocycles. The van der Waals surface area contributed by atoms with Crippen LogP contribution in [0.5, 0.6) is 0 Å². The third-order valence-electron chi connectivity index (χ3n) is 1.60. The van der Waals surface area contributed by atoms with E-state index in [0.29, 0.717) is 6.07 Å². The van der Waals surface area contributed by atoms with Gasteiger partial charge in [0.1, 0.15) is 0 Å². The Morgan fingerprint density at radius 2 is 2.00 bits per heavy atom. The van der Waals surface area contributed by atoms with E-state index in [2.05, 4.69) is 4.98 Å². The van der Waals surface area contributed by atoms with Crippen molar-refractivity contribution < 1.29 is 22.9 Å². The molecule has 1 aromatic rings. The molecule has 0 atom stereocenters. The number of aromatic nitrogens is 1. The molecule has 0 fully saturated rings. The molecule has 1 amide bonds. The Bertz CT molecular complexity index is 521. The van der Waals surface area contributed by atoms with Gasteiger partial charge in [-0.05, 0) is 0 Å². The SMILES string of the molecule is O=C(Nc1nc(Cl)c(Cl)cc1[N+](=O)[O-])C(F)(F)F. The monoisotopic (exact) mass is 303 g/mol. The van der Waals surface area contributed by atoms with Gasteiger partial charge in [0, 0.05) is 6.07 Å². The van der Waals surface area contributed by atoms with E-state index in [1.807, 2.05) is 0 Å². The third-order valence-corrected chi connectivity index (χ3v) is 2.27. The molecule has 0 bridgehead atoms. The highest BCUT2D eigenvalue weighted by molar-refractivity contribution is 6.41. The molecule has 1 rings (SSSR count). The number of nitro groups is 1. The molecule has 0 saturated carbocycles. The van der Waals surface area contributed by atoms with Crippen LogP contribution in [0.4, 0.5) is 24.7 Å². The second kappa shape index (κ2) is 4.94. The Balaban J connectivity index is 3.20. The zero-order valence-electron chi connectivity index (χ0n) is 8.09. The summed E-state index contributed by atoms with van der Waals surface area (Å²) in [5.41, 5.74) is -0.901. The van der Waals surface area contributed by atoms with E-state index in [-0.39, 0.29) is 5.02 Å². The molecule has 1 N–H and O–H groups in total. The zero-order chi connectivity index (χ0) is 14.1. The number of nitrogens with zero attached hydrogens (tertiary/aromatic N) is 2. The Morgan fingerprint density at radius 1 is 1.44 bits per heavy atom.